The minimum absolute atomic E-state index is 0.807. The zero-order valence-corrected chi connectivity index (χ0v) is 10.5. The Morgan fingerprint density at radius 3 is 3.00 bits per heavy atom. The van der Waals surface area contributed by atoms with Crippen LogP contribution >= 0.6 is 11.3 Å². The molecule has 0 amide bonds. The second-order valence-electron chi connectivity index (χ2n) is 4.19. The fourth-order valence-electron chi connectivity index (χ4n) is 2.00. The first-order valence-corrected chi connectivity index (χ1v) is 6.48. The molecule has 0 radical (unpaired) electrons. The van der Waals surface area contributed by atoms with Gasteiger partial charge in [-0.05, 0) is 23.6 Å². The van der Waals surface area contributed by atoms with Crippen molar-refractivity contribution < 1.29 is 0 Å². The highest BCUT2D eigenvalue weighted by Gasteiger charge is 2.09. The van der Waals surface area contributed by atoms with E-state index in [9.17, 15) is 0 Å². The molecule has 0 saturated carbocycles. The third-order valence-corrected chi connectivity index (χ3v) is 3.67. The average molecular weight is 246 g/mol. The minimum Gasteiger partial charge on any atom is -0.356 e. The van der Waals surface area contributed by atoms with E-state index in [4.69, 9.17) is 0 Å². The lowest BCUT2D eigenvalue weighted by molar-refractivity contribution is 0.764. The van der Waals surface area contributed by atoms with Crippen LogP contribution in [-0.2, 0) is 19.6 Å². The number of aryl methyl sites for hydroxylation is 1. The maximum Gasteiger partial charge on any atom is 0.205 e. The van der Waals surface area contributed by atoms with Gasteiger partial charge in [-0.25, -0.2) is 0 Å². The molecule has 0 spiro atoms. The first kappa shape index (κ1) is 10.7. The number of nitrogens with one attached hydrogen (secondary N) is 2. The lowest BCUT2D eigenvalue weighted by atomic mass is 10.1. The molecule has 0 bridgehead atoms. The number of rotatable bonds is 3. The molecular formula is C12H14N4S. The van der Waals surface area contributed by atoms with E-state index in [-0.39, 0.29) is 0 Å². The number of anilines is 1. The van der Waals surface area contributed by atoms with Crippen LogP contribution in [0.1, 0.15) is 21.7 Å². The van der Waals surface area contributed by atoms with Gasteiger partial charge in [-0.15, -0.1) is 10.2 Å². The molecule has 4 nitrogen and oxygen atoms in total. The Morgan fingerprint density at radius 2 is 2.18 bits per heavy atom. The Morgan fingerprint density at radius 1 is 1.29 bits per heavy atom. The Hall–Kier alpha value is -1.46. The fraction of sp³-hybridized carbons (Fsp3) is 0.333. The second kappa shape index (κ2) is 4.43. The second-order valence-corrected chi connectivity index (χ2v) is 5.37. The van der Waals surface area contributed by atoms with Gasteiger partial charge in [-0.1, -0.05) is 29.5 Å². The number of benzene rings is 1. The van der Waals surface area contributed by atoms with E-state index in [1.54, 1.807) is 11.3 Å². The molecule has 1 aliphatic rings. The fourth-order valence-corrected chi connectivity index (χ4v) is 2.59. The molecular weight excluding hydrogens is 232 g/mol. The minimum atomic E-state index is 0.807. The van der Waals surface area contributed by atoms with E-state index in [2.05, 4.69) is 39.0 Å². The molecule has 0 atom stereocenters. The van der Waals surface area contributed by atoms with Crippen molar-refractivity contribution in [2.45, 2.75) is 26.6 Å². The molecule has 2 aromatic rings. The van der Waals surface area contributed by atoms with Crippen molar-refractivity contribution in [2.24, 2.45) is 0 Å². The summed E-state index contributed by atoms with van der Waals surface area (Å²) in [5, 5.41) is 16.6. The molecule has 2 N–H and O–H groups in total. The van der Waals surface area contributed by atoms with Crippen LogP contribution < -0.4 is 10.6 Å². The Bertz CT molecular complexity index is 535. The number of aromatic nitrogens is 2. The van der Waals surface area contributed by atoms with Gasteiger partial charge in [0, 0.05) is 19.6 Å². The molecule has 0 unspecified atom stereocenters. The number of hydrogen-bond acceptors (Lipinski definition) is 5. The van der Waals surface area contributed by atoms with Crippen LogP contribution in [-0.4, -0.2) is 10.2 Å². The molecule has 1 aromatic carbocycles. The van der Waals surface area contributed by atoms with Crippen LogP contribution in [0.3, 0.4) is 0 Å². The average Bonchev–Trinajstić information content (AvgIpc) is 2.94. The van der Waals surface area contributed by atoms with Crippen LogP contribution in [0.2, 0.25) is 0 Å². The molecule has 2 heterocycles. The third kappa shape index (κ3) is 2.30. The molecule has 1 aliphatic heterocycles. The van der Waals surface area contributed by atoms with E-state index < -0.39 is 0 Å². The van der Waals surface area contributed by atoms with Crippen molar-refractivity contribution in [1.82, 2.24) is 15.5 Å². The van der Waals surface area contributed by atoms with Gasteiger partial charge in [0.2, 0.25) is 5.13 Å². The van der Waals surface area contributed by atoms with Gasteiger partial charge in [0.15, 0.2) is 0 Å². The normalized spacial score (nSPS) is 13.7. The number of fused-ring (bicyclic) bond motifs is 1. The predicted molar refractivity (Wildman–Crippen MR) is 69.0 cm³/mol. The molecule has 88 valence electrons. The zero-order chi connectivity index (χ0) is 11.7. The predicted octanol–water partition coefficient (Wildman–Crippen LogP) is 2.06. The quantitative estimate of drug-likeness (QED) is 0.870. The lowest BCUT2D eigenvalue weighted by Crippen LogP contribution is -2.00. The molecule has 0 fully saturated rings. The Balaban J connectivity index is 1.69. The molecule has 0 aliphatic carbocycles. The molecule has 3 rings (SSSR count). The van der Waals surface area contributed by atoms with E-state index in [0.717, 1.165) is 29.8 Å². The SMILES string of the molecule is Cc1nnc(NCc2ccc3c(c2)CNC3)s1. The molecule has 1 aromatic heterocycles. The number of hydrogen-bond donors (Lipinski definition) is 2. The third-order valence-electron chi connectivity index (χ3n) is 2.87. The standard InChI is InChI=1S/C12H14N4S/c1-8-15-16-12(17-8)14-5-9-2-3-10-6-13-7-11(10)4-9/h2-4,13H,5-7H2,1H3,(H,14,16). The Kier molecular flexibility index (Phi) is 2.78. The lowest BCUT2D eigenvalue weighted by Gasteiger charge is -2.04. The van der Waals surface area contributed by atoms with Crippen molar-refractivity contribution in [3.05, 3.63) is 39.9 Å². The van der Waals surface area contributed by atoms with Gasteiger partial charge in [-0.3, -0.25) is 0 Å². The number of nitrogens with zero attached hydrogens (tertiary/aromatic N) is 2. The smallest absolute Gasteiger partial charge is 0.205 e. The van der Waals surface area contributed by atoms with E-state index in [1.807, 2.05) is 6.92 Å². The summed E-state index contributed by atoms with van der Waals surface area (Å²) in [6, 6.07) is 6.64. The summed E-state index contributed by atoms with van der Waals surface area (Å²) in [5.41, 5.74) is 4.12. The van der Waals surface area contributed by atoms with Crippen LogP contribution in [0, 0.1) is 6.92 Å². The zero-order valence-electron chi connectivity index (χ0n) is 9.66. The van der Waals surface area contributed by atoms with E-state index in [1.165, 1.54) is 16.7 Å². The molecule has 0 saturated heterocycles. The van der Waals surface area contributed by atoms with Crippen LogP contribution in [0.25, 0.3) is 0 Å². The summed E-state index contributed by atoms with van der Waals surface area (Å²) in [6.07, 6.45) is 0. The van der Waals surface area contributed by atoms with Crippen molar-refractivity contribution in [3.8, 4) is 0 Å². The summed E-state index contributed by atoms with van der Waals surface area (Å²) in [6.45, 7) is 4.76. The van der Waals surface area contributed by atoms with E-state index in [0.29, 0.717) is 0 Å². The summed E-state index contributed by atoms with van der Waals surface area (Å²) in [5.74, 6) is 0. The summed E-state index contributed by atoms with van der Waals surface area (Å²) >= 11 is 1.59. The van der Waals surface area contributed by atoms with Crippen LogP contribution in [0.4, 0.5) is 5.13 Å². The highest BCUT2D eigenvalue weighted by Crippen LogP contribution is 2.19. The topological polar surface area (TPSA) is 49.8 Å². The summed E-state index contributed by atoms with van der Waals surface area (Å²) < 4.78 is 0. The van der Waals surface area contributed by atoms with Gasteiger partial charge in [0.05, 0.1) is 0 Å². The first-order chi connectivity index (χ1) is 8.31. The van der Waals surface area contributed by atoms with Crippen molar-refractivity contribution >= 4 is 16.5 Å². The van der Waals surface area contributed by atoms with Gasteiger partial charge in [-0.2, -0.15) is 0 Å². The Labute approximate surface area is 104 Å². The van der Waals surface area contributed by atoms with Gasteiger partial charge >= 0.3 is 0 Å². The monoisotopic (exact) mass is 246 g/mol. The maximum absolute atomic E-state index is 4.05. The summed E-state index contributed by atoms with van der Waals surface area (Å²) in [7, 11) is 0. The first-order valence-electron chi connectivity index (χ1n) is 5.66. The van der Waals surface area contributed by atoms with Gasteiger partial charge in [0.25, 0.3) is 0 Å². The van der Waals surface area contributed by atoms with Crippen LogP contribution in [0.5, 0.6) is 0 Å². The largest absolute Gasteiger partial charge is 0.356 e. The van der Waals surface area contributed by atoms with E-state index >= 15 is 0 Å². The molecule has 17 heavy (non-hydrogen) atoms. The van der Waals surface area contributed by atoms with Gasteiger partial charge in [0.1, 0.15) is 5.01 Å². The van der Waals surface area contributed by atoms with Crippen molar-refractivity contribution in [1.29, 1.82) is 0 Å². The highest BCUT2D eigenvalue weighted by atomic mass is 32.1. The van der Waals surface area contributed by atoms with Crippen molar-refractivity contribution in [2.75, 3.05) is 5.32 Å². The van der Waals surface area contributed by atoms with Crippen LogP contribution in [0.15, 0.2) is 18.2 Å². The summed E-state index contributed by atoms with van der Waals surface area (Å²) in [4.78, 5) is 0. The van der Waals surface area contributed by atoms with Gasteiger partial charge < -0.3 is 10.6 Å². The van der Waals surface area contributed by atoms with Crippen molar-refractivity contribution in [3.63, 3.8) is 0 Å². The maximum atomic E-state index is 4.05. The highest BCUT2D eigenvalue weighted by molar-refractivity contribution is 7.15. The molecule has 5 heteroatoms.